The van der Waals surface area contributed by atoms with Crippen LogP contribution in [0.2, 0.25) is 0 Å². The number of amides is 13. The van der Waals surface area contributed by atoms with Crippen molar-refractivity contribution in [3.05, 3.63) is 18.2 Å². The van der Waals surface area contributed by atoms with E-state index in [0.717, 1.165) is 11.8 Å². The van der Waals surface area contributed by atoms with Gasteiger partial charge in [-0.3, -0.25) is 72.1 Å². The molecule has 0 aromatic carbocycles. The first-order valence-electron chi connectivity index (χ1n) is 32.7. The predicted octanol–water partition coefficient (Wildman–Crippen LogP) is -10.3. The van der Waals surface area contributed by atoms with Crippen molar-refractivity contribution in [1.29, 1.82) is 0 Å². The highest BCUT2D eigenvalue weighted by molar-refractivity contribution is 6.00. The van der Waals surface area contributed by atoms with Crippen molar-refractivity contribution in [1.82, 2.24) is 72.9 Å². The summed E-state index contributed by atoms with van der Waals surface area (Å²) in [6.07, 6.45) is 0.734. The Morgan fingerprint density at radius 1 is 0.570 bits per heavy atom. The average molecular weight is 1420 g/mol. The molecule has 28 N–H and O–H groups in total. The number of H-pyrrole nitrogens is 1. The number of nitrogens with zero attached hydrogens (tertiary/aromatic N) is 4. The number of hydrogen-bond donors (Lipinski definition) is 22. The second-order valence-corrected chi connectivity index (χ2v) is 24.2. The fraction of sp³-hybridized carbons (Fsp3) is 0.678. The van der Waals surface area contributed by atoms with Crippen LogP contribution in [0.1, 0.15) is 123 Å². The maximum absolute atomic E-state index is 14.6. The molecule has 3 rings (SSSR count). The highest BCUT2D eigenvalue weighted by Gasteiger charge is 2.46. The van der Waals surface area contributed by atoms with Crippen molar-refractivity contribution >= 4 is 94.7 Å². The molecule has 0 aliphatic carbocycles. The second kappa shape index (κ2) is 43.0. The molecule has 100 heavy (non-hydrogen) atoms. The first-order valence-corrected chi connectivity index (χ1v) is 32.7. The SMILES string of the molecule is C[C@H](N)C(=O)N[C@@H](CC(=O)O)C(=O)N[C@@H](CO)C(=O)N[C@@H](CCC(N)=O)C(=O)N[C@@H](Cc1cnc[nH]1)C(=O)N[C@@H](CO)C(=O)N[C@H](C(=O)N1CCC[C@H]1C(=O)N1CCC[C@H]1C(=O)N[C@@H](CCCCN)C(=O)N[C@@H](C)C(=O)N[C@@H](CCCCN)C(=O)N[C@@H](CCCN=C(N)N)C(=O)O)[C@@H](C)O. The van der Waals surface area contributed by atoms with Gasteiger partial charge in [-0.05, 0) is 117 Å². The van der Waals surface area contributed by atoms with Gasteiger partial charge >= 0.3 is 11.9 Å². The van der Waals surface area contributed by atoms with Gasteiger partial charge < -0.3 is 128 Å². The zero-order valence-corrected chi connectivity index (χ0v) is 56.1. The number of aromatic amines is 1. The standard InChI is InChI=1S/C59H99N21O20/c1-29(62)46(87)74-38(24-44(85)86)52(93)76-39(26-81)53(94)71-35(16-17-43(63)84)50(91)75-37(23-32-25-66-28-68-32)51(92)77-40(27-82)54(95)78-45(31(3)83)57(98)80-22-10-15-42(80)56(97)79-21-9-14-41(79)55(96)72-33(11-4-6-18-60)48(89)69-30(2)47(88)70-34(12-5-7-19-61)49(90)73-36(58(99)100)13-8-20-67-59(64)65/h25,28-31,33-42,45,81-83H,4-24,26-27,60-62H2,1-3H3,(H2,63,84)(H,66,68)(H,69,89)(H,70,88)(H,71,94)(H,72,96)(H,73,90)(H,74,87)(H,75,91)(H,76,93)(H,77,92)(H,78,95)(H,85,86)(H,99,100)(H4,64,65,67)/t29-,30-,31+,33-,34-,35-,36-,37-,38-,39-,40-,41-,42-,45-/m0/s1. The van der Waals surface area contributed by atoms with E-state index in [-0.39, 0.29) is 89.3 Å². The van der Waals surface area contributed by atoms with Gasteiger partial charge in [0.1, 0.15) is 72.5 Å². The Morgan fingerprint density at radius 2 is 1.04 bits per heavy atom. The summed E-state index contributed by atoms with van der Waals surface area (Å²) < 4.78 is 0. The predicted molar refractivity (Wildman–Crippen MR) is 350 cm³/mol. The Balaban J connectivity index is 1.79. The zero-order valence-electron chi connectivity index (χ0n) is 56.1. The van der Waals surface area contributed by atoms with Crippen molar-refractivity contribution in [2.24, 2.45) is 39.4 Å². The minimum atomic E-state index is -1.94. The molecule has 0 radical (unpaired) electrons. The van der Waals surface area contributed by atoms with Crippen LogP contribution in [0.5, 0.6) is 0 Å². The number of aliphatic imine (C=N–C) groups is 1. The molecule has 1 aromatic heterocycles. The minimum absolute atomic E-state index is 0.0245. The number of carboxylic acids is 2. The summed E-state index contributed by atoms with van der Waals surface area (Å²) in [5, 5.41) is 74.4. The summed E-state index contributed by atoms with van der Waals surface area (Å²) in [4.78, 5) is 214. The van der Waals surface area contributed by atoms with Gasteiger partial charge in [-0.2, -0.15) is 0 Å². The molecule has 2 aliphatic heterocycles. The van der Waals surface area contributed by atoms with E-state index in [1.54, 1.807) is 0 Å². The molecule has 14 atom stereocenters. The van der Waals surface area contributed by atoms with E-state index in [1.807, 2.05) is 0 Å². The van der Waals surface area contributed by atoms with E-state index in [4.69, 9.17) is 34.4 Å². The van der Waals surface area contributed by atoms with Gasteiger partial charge in [0.05, 0.1) is 38.1 Å². The number of primary amides is 1. The maximum Gasteiger partial charge on any atom is 0.326 e. The summed E-state index contributed by atoms with van der Waals surface area (Å²) in [7, 11) is 0. The summed E-state index contributed by atoms with van der Waals surface area (Å²) in [5.74, 6) is -16.1. The van der Waals surface area contributed by atoms with Crippen LogP contribution in [0.25, 0.3) is 0 Å². The highest BCUT2D eigenvalue weighted by atomic mass is 16.4. The summed E-state index contributed by atoms with van der Waals surface area (Å²) >= 11 is 0. The van der Waals surface area contributed by atoms with Crippen molar-refractivity contribution in [2.45, 2.75) is 208 Å². The van der Waals surface area contributed by atoms with E-state index >= 15 is 0 Å². The number of aromatic nitrogens is 2. The largest absolute Gasteiger partial charge is 0.481 e. The van der Waals surface area contributed by atoms with Gasteiger partial charge in [-0.15, -0.1) is 0 Å². The number of nitrogens with two attached hydrogens (primary N) is 6. The van der Waals surface area contributed by atoms with Gasteiger partial charge in [-0.1, -0.05) is 0 Å². The maximum atomic E-state index is 14.6. The normalized spacial score (nSPS) is 17.8. The van der Waals surface area contributed by atoms with E-state index in [1.165, 1.54) is 31.3 Å². The number of hydrogen-bond acceptors (Lipinski definition) is 23. The molecule has 560 valence electrons. The number of nitrogens with one attached hydrogen (secondary N) is 11. The lowest BCUT2D eigenvalue weighted by molar-refractivity contribution is -0.149. The number of aliphatic hydroxyl groups excluding tert-OH is 3. The number of guanidine groups is 1. The number of rotatable bonds is 45. The second-order valence-electron chi connectivity index (χ2n) is 24.2. The molecule has 2 saturated heterocycles. The Kier molecular flexibility index (Phi) is 36.3. The molecule has 2 fully saturated rings. The molecule has 41 nitrogen and oxygen atoms in total. The molecule has 0 saturated carbocycles. The topological polar surface area (TPSA) is 681 Å². The molecule has 0 unspecified atom stereocenters. The van der Waals surface area contributed by atoms with E-state index < -0.39 is 212 Å². The van der Waals surface area contributed by atoms with E-state index in [0.29, 0.717) is 32.1 Å². The van der Waals surface area contributed by atoms with Crippen LogP contribution < -0.4 is 87.6 Å². The lowest BCUT2D eigenvalue weighted by Gasteiger charge is -2.34. The molecule has 3 heterocycles. The number of aliphatic carboxylic acids is 2. The first kappa shape index (κ1) is 84.5. The zero-order chi connectivity index (χ0) is 74.9. The Hall–Kier alpha value is -9.71. The third-order valence-electron chi connectivity index (χ3n) is 16.2. The number of likely N-dealkylation sites (tertiary alicyclic amines) is 2. The number of aliphatic hydroxyl groups is 3. The number of carbonyl (C=O) groups excluding carboxylic acids is 13. The van der Waals surface area contributed by atoms with Crippen LogP contribution in [-0.4, -0.2) is 271 Å². The number of carboxylic acid groups (broad SMARTS) is 2. The molecule has 1 aromatic rings. The highest BCUT2D eigenvalue weighted by Crippen LogP contribution is 2.26. The van der Waals surface area contributed by atoms with Crippen LogP contribution in [0.4, 0.5) is 0 Å². The van der Waals surface area contributed by atoms with Crippen LogP contribution >= 0.6 is 0 Å². The van der Waals surface area contributed by atoms with Crippen molar-refractivity contribution in [3.8, 4) is 0 Å². The number of imidazole rings is 1. The van der Waals surface area contributed by atoms with Crippen molar-refractivity contribution in [2.75, 3.05) is 45.9 Å². The van der Waals surface area contributed by atoms with Crippen LogP contribution in [0.3, 0.4) is 0 Å². The monoisotopic (exact) mass is 1420 g/mol. The number of carbonyl (C=O) groups is 15. The summed E-state index contributed by atoms with van der Waals surface area (Å²) in [5.41, 5.74) is 33.2. The van der Waals surface area contributed by atoms with Gasteiger partial charge in [0, 0.05) is 44.4 Å². The third kappa shape index (κ3) is 27.9. The lowest BCUT2D eigenvalue weighted by atomic mass is 10.1. The average Bonchev–Trinajstić information content (AvgIpc) is 1.61. The van der Waals surface area contributed by atoms with Crippen molar-refractivity contribution < 1.29 is 97.5 Å². The first-order chi connectivity index (χ1) is 47.3. The van der Waals surface area contributed by atoms with Crippen LogP contribution in [0.15, 0.2) is 17.5 Å². The van der Waals surface area contributed by atoms with Gasteiger partial charge in [0.2, 0.25) is 76.8 Å². The molecule has 2 aliphatic rings. The van der Waals surface area contributed by atoms with Gasteiger partial charge in [0.25, 0.3) is 0 Å². The van der Waals surface area contributed by atoms with Crippen LogP contribution in [0, 0.1) is 0 Å². The Labute approximate surface area is 575 Å². The summed E-state index contributed by atoms with van der Waals surface area (Å²) in [6, 6.07) is -19.9. The molecule has 13 amide bonds. The smallest absolute Gasteiger partial charge is 0.326 e. The molecular formula is C59H99N21O20. The minimum Gasteiger partial charge on any atom is -0.481 e. The van der Waals surface area contributed by atoms with Crippen LogP contribution in [-0.2, 0) is 78.3 Å². The Morgan fingerprint density at radius 3 is 1.56 bits per heavy atom. The molecule has 41 heteroatoms. The fourth-order valence-electron chi connectivity index (χ4n) is 10.6. The number of unbranched alkanes of at least 4 members (excludes halogenated alkanes) is 2. The Bertz CT molecular complexity index is 3010. The van der Waals surface area contributed by atoms with E-state index in [2.05, 4.69) is 68.1 Å². The fourth-order valence-corrected chi connectivity index (χ4v) is 10.6. The third-order valence-corrected chi connectivity index (χ3v) is 16.2. The van der Waals surface area contributed by atoms with Crippen molar-refractivity contribution in [3.63, 3.8) is 0 Å². The molecular weight excluding hydrogens is 1320 g/mol. The molecule has 0 spiro atoms. The summed E-state index contributed by atoms with van der Waals surface area (Å²) in [6.45, 7) is 1.91. The lowest BCUT2D eigenvalue weighted by Crippen LogP contribution is -2.62. The molecule has 0 bridgehead atoms. The van der Waals surface area contributed by atoms with Gasteiger partial charge in [-0.25, -0.2) is 9.78 Å². The van der Waals surface area contributed by atoms with E-state index in [9.17, 15) is 97.5 Å². The van der Waals surface area contributed by atoms with Gasteiger partial charge in [0.15, 0.2) is 5.96 Å². The quantitative estimate of drug-likeness (QED) is 0.0164.